The van der Waals surface area contributed by atoms with Gasteiger partial charge in [0.2, 0.25) is 5.95 Å². The molecule has 2 aromatic heterocycles. The normalized spacial score (nSPS) is 11.0. The van der Waals surface area contributed by atoms with Crippen molar-refractivity contribution in [3.8, 4) is 11.3 Å². The molecular weight excluding hydrogens is 218 g/mol. The summed E-state index contributed by atoms with van der Waals surface area (Å²) in [7, 11) is 0. The molecule has 7 nitrogen and oxygen atoms in total. The maximum absolute atomic E-state index is 5.77. The fraction of sp³-hybridized carbons (Fsp3) is 0.300. The molecule has 7 heteroatoms. The Labute approximate surface area is 98.4 Å². The van der Waals surface area contributed by atoms with E-state index in [0.717, 1.165) is 5.69 Å². The summed E-state index contributed by atoms with van der Waals surface area (Å²) in [6.45, 7) is 4.12. The lowest BCUT2D eigenvalue weighted by Crippen LogP contribution is -2.06. The van der Waals surface area contributed by atoms with Gasteiger partial charge in [-0.25, -0.2) is 0 Å². The van der Waals surface area contributed by atoms with Crippen molar-refractivity contribution in [3.05, 3.63) is 11.8 Å². The fourth-order valence-electron chi connectivity index (χ4n) is 1.54. The summed E-state index contributed by atoms with van der Waals surface area (Å²) in [5, 5.41) is 7.08. The van der Waals surface area contributed by atoms with E-state index in [4.69, 9.17) is 17.2 Å². The van der Waals surface area contributed by atoms with Gasteiger partial charge in [0.05, 0.1) is 11.3 Å². The van der Waals surface area contributed by atoms with Gasteiger partial charge >= 0.3 is 0 Å². The highest BCUT2D eigenvalue weighted by Gasteiger charge is 2.15. The maximum atomic E-state index is 5.77. The molecule has 90 valence electrons. The van der Waals surface area contributed by atoms with Crippen molar-refractivity contribution >= 4 is 17.6 Å². The molecule has 0 aliphatic carbocycles. The van der Waals surface area contributed by atoms with Crippen molar-refractivity contribution in [1.82, 2.24) is 20.2 Å². The number of nitrogens with zero attached hydrogens (tertiary/aromatic N) is 3. The van der Waals surface area contributed by atoms with E-state index in [0.29, 0.717) is 17.2 Å². The van der Waals surface area contributed by atoms with Gasteiger partial charge in [0, 0.05) is 5.69 Å². The van der Waals surface area contributed by atoms with Gasteiger partial charge < -0.3 is 17.2 Å². The number of H-pyrrole nitrogens is 1. The van der Waals surface area contributed by atoms with Crippen LogP contribution in [0.4, 0.5) is 17.6 Å². The summed E-state index contributed by atoms with van der Waals surface area (Å²) in [5.74, 6) is 0.866. The molecule has 0 fully saturated rings. The zero-order chi connectivity index (χ0) is 12.6. The van der Waals surface area contributed by atoms with Gasteiger partial charge in [0.25, 0.3) is 0 Å². The third kappa shape index (κ3) is 1.99. The molecule has 2 aromatic rings. The molecule has 0 atom stereocenters. The second kappa shape index (κ2) is 3.93. The molecule has 0 bridgehead atoms. The molecule has 0 aromatic carbocycles. The van der Waals surface area contributed by atoms with Crippen molar-refractivity contribution in [2.45, 2.75) is 19.8 Å². The first kappa shape index (κ1) is 11.2. The van der Waals surface area contributed by atoms with Gasteiger partial charge in [0.1, 0.15) is 11.6 Å². The minimum absolute atomic E-state index is 0.0587. The first-order valence-corrected chi connectivity index (χ1v) is 5.23. The minimum atomic E-state index is 0.0587. The third-order valence-corrected chi connectivity index (χ3v) is 2.46. The number of anilines is 3. The molecule has 2 heterocycles. The standard InChI is InChI=1S/C10H15N7/c1-4(2)5-3-6(17-16-5)7-8(11)14-10(13)15-9(7)12/h3-4H,1-2H3,(H,16,17)(H6,11,12,13,14,15). The number of hydrogen-bond acceptors (Lipinski definition) is 6. The van der Waals surface area contributed by atoms with Crippen LogP contribution in [-0.2, 0) is 0 Å². The van der Waals surface area contributed by atoms with Crippen LogP contribution in [0.1, 0.15) is 25.5 Å². The average Bonchev–Trinajstić information content (AvgIpc) is 2.65. The number of nitrogens with two attached hydrogens (primary N) is 3. The molecule has 0 aliphatic rings. The largest absolute Gasteiger partial charge is 0.383 e. The highest BCUT2D eigenvalue weighted by Crippen LogP contribution is 2.29. The van der Waals surface area contributed by atoms with Gasteiger partial charge in [-0.3, -0.25) is 5.10 Å². The topological polar surface area (TPSA) is 133 Å². The molecule has 7 N–H and O–H groups in total. The van der Waals surface area contributed by atoms with E-state index in [1.807, 2.05) is 6.07 Å². The van der Waals surface area contributed by atoms with E-state index in [-0.39, 0.29) is 17.6 Å². The lowest BCUT2D eigenvalue weighted by molar-refractivity contribution is 0.811. The Kier molecular flexibility index (Phi) is 2.58. The smallest absolute Gasteiger partial charge is 0.223 e. The zero-order valence-corrected chi connectivity index (χ0v) is 9.73. The molecule has 0 spiro atoms. The second-order valence-electron chi connectivity index (χ2n) is 4.09. The van der Waals surface area contributed by atoms with Crippen LogP contribution < -0.4 is 17.2 Å². The van der Waals surface area contributed by atoms with Crippen molar-refractivity contribution < 1.29 is 0 Å². The first-order valence-electron chi connectivity index (χ1n) is 5.23. The number of nitrogens with one attached hydrogen (secondary N) is 1. The minimum Gasteiger partial charge on any atom is -0.383 e. The van der Waals surface area contributed by atoms with Crippen molar-refractivity contribution in [3.63, 3.8) is 0 Å². The van der Waals surface area contributed by atoms with E-state index in [1.54, 1.807) is 0 Å². The van der Waals surface area contributed by atoms with E-state index >= 15 is 0 Å². The molecule has 17 heavy (non-hydrogen) atoms. The van der Waals surface area contributed by atoms with Crippen LogP contribution in [-0.4, -0.2) is 20.2 Å². The molecule has 0 unspecified atom stereocenters. The predicted octanol–water partition coefficient (Wildman–Crippen LogP) is 0.737. The summed E-state index contributed by atoms with van der Waals surface area (Å²) in [6, 6.07) is 1.88. The number of nitrogen functional groups attached to an aromatic ring is 3. The summed E-state index contributed by atoms with van der Waals surface area (Å²) in [5.41, 5.74) is 19.1. The number of hydrogen-bond donors (Lipinski definition) is 4. The Morgan fingerprint density at radius 1 is 1.12 bits per heavy atom. The molecule has 0 amide bonds. The number of aromatic nitrogens is 4. The Morgan fingerprint density at radius 2 is 1.71 bits per heavy atom. The van der Waals surface area contributed by atoms with Crippen LogP contribution in [0.2, 0.25) is 0 Å². The summed E-state index contributed by atoms with van der Waals surface area (Å²) in [4.78, 5) is 7.75. The molecular formula is C10H15N7. The summed E-state index contributed by atoms with van der Waals surface area (Å²) >= 11 is 0. The quantitative estimate of drug-likeness (QED) is 0.604. The van der Waals surface area contributed by atoms with Crippen LogP contribution in [0.25, 0.3) is 11.3 Å². The van der Waals surface area contributed by atoms with E-state index in [2.05, 4.69) is 34.0 Å². The number of aromatic amines is 1. The molecule has 0 saturated carbocycles. The monoisotopic (exact) mass is 233 g/mol. The van der Waals surface area contributed by atoms with Gasteiger partial charge in [-0.15, -0.1) is 0 Å². The molecule has 2 rings (SSSR count). The van der Waals surface area contributed by atoms with Gasteiger partial charge in [-0.2, -0.15) is 15.1 Å². The van der Waals surface area contributed by atoms with Crippen LogP contribution in [0.3, 0.4) is 0 Å². The Bertz CT molecular complexity index is 520. The highest BCUT2D eigenvalue weighted by atomic mass is 15.1. The predicted molar refractivity (Wildman–Crippen MR) is 66.9 cm³/mol. The Balaban J connectivity index is 2.52. The van der Waals surface area contributed by atoms with Crippen molar-refractivity contribution in [1.29, 1.82) is 0 Å². The Morgan fingerprint density at radius 3 is 2.18 bits per heavy atom. The molecule has 0 saturated heterocycles. The molecule has 0 aliphatic heterocycles. The fourth-order valence-corrected chi connectivity index (χ4v) is 1.54. The third-order valence-electron chi connectivity index (χ3n) is 2.46. The maximum Gasteiger partial charge on any atom is 0.223 e. The second-order valence-corrected chi connectivity index (χ2v) is 4.09. The molecule has 0 radical (unpaired) electrons. The lowest BCUT2D eigenvalue weighted by atomic mass is 10.1. The summed E-state index contributed by atoms with van der Waals surface area (Å²) in [6.07, 6.45) is 0. The Hall–Kier alpha value is -2.31. The lowest BCUT2D eigenvalue weighted by Gasteiger charge is -2.05. The summed E-state index contributed by atoms with van der Waals surface area (Å²) < 4.78 is 0. The van der Waals surface area contributed by atoms with Gasteiger partial charge in [-0.1, -0.05) is 13.8 Å². The highest BCUT2D eigenvalue weighted by molar-refractivity contribution is 5.81. The van der Waals surface area contributed by atoms with Gasteiger partial charge in [0.15, 0.2) is 0 Å². The SMILES string of the molecule is CC(C)c1cc(-c2c(N)nc(N)nc2N)n[nH]1. The van der Waals surface area contributed by atoms with Crippen LogP contribution >= 0.6 is 0 Å². The van der Waals surface area contributed by atoms with Gasteiger partial charge in [-0.05, 0) is 12.0 Å². The zero-order valence-electron chi connectivity index (χ0n) is 9.73. The average molecular weight is 233 g/mol. The first-order chi connectivity index (χ1) is 7.99. The van der Waals surface area contributed by atoms with E-state index in [9.17, 15) is 0 Å². The number of rotatable bonds is 2. The van der Waals surface area contributed by atoms with Crippen molar-refractivity contribution in [2.24, 2.45) is 0 Å². The van der Waals surface area contributed by atoms with E-state index in [1.165, 1.54) is 0 Å². The van der Waals surface area contributed by atoms with Crippen molar-refractivity contribution in [2.75, 3.05) is 17.2 Å². The van der Waals surface area contributed by atoms with Crippen LogP contribution in [0, 0.1) is 0 Å². The van der Waals surface area contributed by atoms with E-state index < -0.39 is 0 Å². The van der Waals surface area contributed by atoms with Crippen LogP contribution in [0.15, 0.2) is 6.07 Å². The van der Waals surface area contributed by atoms with Crippen LogP contribution in [0.5, 0.6) is 0 Å².